The minimum Gasteiger partial charge on any atom is -0.465 e. The van der Waals surface area contributed by atoms with Crippen LogP contribution in [0.3, 0.4) is 0 Å². The van der Waals surface area contributed by atoms with Crippen LogP contribution in [0.15, 0.2) is 0 Å². The highest BCUT2D eigenvalue weighted by Gasteiger charge is 2.19. The van der Waals surface area contributed by atoms with Gasteiger partial charge in [0.2, 0.25) is 0 Å². The van der Waals surface area contributed by atoms with Crippen molar-refractivity contribution in [2.24, 2.45) is 11.7 Å². The van der Waals surface area contributed by atoms with Crippen LogP contribution in [-0.4, -0.2) is 30.6 Å². The molecule has 3 nitrogen and oxygen atoms in total. The lowest BCUT2D eigenvalue weighted by Crippen LogP contribution is -2.33. The Morgan fingerprint density at radius 2 is 2.33 bits per heavy atom. The van der Waals surface area contributed by atoms with E-state index in [-0.39, 0.29) is 5.97 Å². The topological polar surface area (TPSA) is 52.3 Å². The van der Waals surface area contributed by atoms with Crippen molar-refractivity contribution in [3.8, 4) is 0 Å². The Balaban J connectivity index is 2.00. The molecule has 1 atom stereocenters. The number of carbonyl (C=O) groups is 1. The van der Waals surface area contributed by atoms with E-state index in [1.165, 1.54) is 19.3 Å². The van der Waals surface area contributed by atoms with Gasteiger partial charge in [-0.05, 0) is 30.8 Å². The fourth-order valence-electron chi connectivity index (χ4n) is 1.58. The first-order valence-corrected chi connectivity index (χ1v) is 7.04. The van der Waals surface area contributed by atoms with E-state index in [1.807, 2.05) is 6.26 Å². The zero-order valence-corrected chi connectivity index (χ0v) is 10.2. The second kappa shape index (κ2) is 7.12. The van der Waals surface area contributed by atoms with Crippen LogP contribution in [0.2, 0.25) is 0 Å². The van der Waals surface area contributed by atoms with Crippen molar-refractivity contribution in [3.63, 3.8) is 0 Å². The van der Waals surface area contributed by atoms with E-state index in [0.29, 0.717) is 13.0 Å². The van der Waals surface area contributed by atoms with Crippen LogP contribution in [0.25, 0.3) is 0 Å². The maximum Gasteiger partial charge on any atom is 0.322 e. The Hall–Kier alpha value is -0.220. The largest absolute Gasteiger partial charge is 0.465 e. The van der Waals surface area contributed by atoms with Crippen molar-refractivity contribution >= 4 is 17.7 Å². The minimum absolute atomic E-state index is 0.233. The molecule has 0 spiro atoms. The molecule has 1 saturated carbocycles. The lowest BCUT2D eigenvalue weighted by Gasteiger charge is -2.25. The van der Waals surface area contributed by atoms with Crippen LogP contribution in [-0.2, 0) is 9.53 Å². The highest BCUT2D eigenvalue weighted by molar-refractivity contribution is 7.98. The predicted octanol–water partition coefficient (Wildman–Crippen LogP) is 1.80. The van der Waals surface area contributed by atoms with E-state index in [2.05, 4.69) is 0 Å². The van der Waals surface area contributed by atoms with E-state index in [9.17, 15) is 4.79 Å². The van der Waals surface area contributed by atoms with Gasteiger partial charge in [0.05, 0.1) is 6.61 Å². The molecule has 0 aromatic carbocycles. The summed E-state index contributed by atoms with van der Waals surface area (Å²) < 4.78 is 5.13. The molecule has 0 bridgehead atoms. The molecule has 1 rings (SSSR count). The summed E-state index contributed by atoms with van der Waals surface area (Å²) in [5, 5.41) is 0. The molecular weight excluding hydrogens is 210 g/mol. The molecule has 1 fully saturated rings. The Morgan fingerprint density at radius 3 is 2.87 bits per heavy atom. The van der Waals surface area contributed by atoms with Gasteiger partial charge in [0.15, 0.2) is 0 Å². The van der Waals surface area contributed by atoms with Crippen LogP contribution >= 0.6 is 11.8 Å². The number of rotatable bonds is 7. The molecule has 0 saturated heterocycles. The Kier molecular flexibility index (Phi) is 6.10. The first kappa shape index (κ1) is 12.8. The Labute approximate surface area is 96.1 Å². The summed E-state index contributed by atoms with van der Waals surface area (Å²) in [4.78, 5) is 11.4. The average molecular weight is 231 g/mol. The number of ether oxygens (including phenoxy) is 1. The molecule has 1 aliphatic carbocycles. The van der Waals surface area contributed by atoms with Gasteiger partial charge in [0, 0.05) is 0 Å². The highest BCUT2D eigenvalue weighted by atomic mass is 32.2. The predicted molar refractivity (Wildman–Crippen MR) is 63.9 cm³/mol. The summed E-state index contributed by atoms with van der Waals surface area (Å²) in [7, 11) is 0. The van der Waals surface area contributed by atoms with Crippen LogP contribution < -0.4 is 5.73 Å². The highest BCUT2D eigenvalue weighted by Crippen LogP contribution is 2.29. The molecule has 0 aromatic heterocycles. The zero-order valence-electron chi connectivity index (χ0n) is 9.41. The minimum atomic E-state index is -0.432. The molecule has 2 N–H and O–H groups in total. The lowest BCUT2D eigenvalue weighted by atomic mass is 9.83. The summed E-state index contributed by atoms with van der Waals surface area (Å²) >= 11 is 1.70. The van der Waals surface area contributed by atoms with Gasteiger partial charge in [0.1, 0.15) is 6.04 Å². The van der Waals surface area contributed by atoms with E-state index in [0.717, 1.165) is 18.1 Å². The van der Waals surface area contributed by atoms with E-state index in [1.54, 1.807) is 11.8 Å². The monoisotopic (exact) mass is 231 g/mol. The summed E-state index contributed by atoms with van der Waals surface area (Å²) in [5.41, 5.74) is 5.68. The van der Waals surface area contributed by atoms with E-state index < -0.39 is 6.04 Å². The standard InChI is InChI=1S/C11H21NO2S/c1-15-8-6-10(12)11(13)14-7-5-9-3-2-4-9/h9-10H,2-8,12H2,1H3. The van der Waals surface area contributed by atoms with Crippen molar-refractivity contribution in [2.45, 2.75) is 38.1 Å². The smallest absolute Gasteiger partial charge is 0.322 e. The summed E-state index contributed by atoms with van der Waals surface area (Å²) in [5.74, 6) is 1.47. The van der Waals surface area contributed by atoms with E-state index in [4.69, 9.17) is 10.5 Å². The third-order valence-electron chi connectivity index (χ3n) is 2.93. The van der Waals surface area contributed by atoms with Crippen molar-refractivity contribution in [2.75, 3.05) is 18.6 Å². The molecule has 1 aliphatic rings. The van der Waals surface area contributed by atoms with Gasteiger partial charge in [0.25, 0.3) is 0 Å². The van der Waals surface area contributed by atoms with Gasteiger partial charge in [-0.1, -0.05) is 19.3 Å². The molecule has 0 amide bonds. The second-order valence-electron chi connectivity index (χ2n) is 4.14. The molecule has 4 heteroatoms. The number of hydrogen-bond acceptors (Lipinski definition) is 4. The molecule has 15 heavy (non-hydrogen) atoms. The van der Waals surface area contributed by atoms with E-state index >= 15 is 0 Å². The molecule has 0 radical (unpaired) electrons. The van der Waals surface area contributed by atoms with Crippen LogP contribution in [0.5, 0.6) is 0 Å². The number of nitrogens with two attached hydrogens (primary N) is 1. The fourth-order valence-corrected chi connectivity index (χ4v) is 2.07. The number of carbonyl (C=O) groups excluding carboxylic acids is 1. The summed E-state index contributed by atoms with van der Waals surface area (Å²) in [6.45, 7) is 0.552. The molecule has 88 valence electrons. The molecule has 1 unspecified atom stereocenters. The normalized spacial score (nSPS) is 18.3. The van der Waals surface area contributed by atoms with Gasteiger partial charge >= 0.3 is 5.97 Å². The summed E-state index contributed by atoms with van der Waals surface area (Å²) in [6, 6.07) is -0.432. The van der Waals surface area contributed by atoms with Crippen molar-refractivity contribution in [1.29, 1.82) is 0 Å². The van der Waals surface area contributed by atoms with Crippen molar-refractivity contribution < 1.29 is 9.53 Å². The SMILES string of the molecule is CSCCC(N)C(=O)OCCC1CCC1. The van der Waals surface area contributed by atoms with Crippen LogP contribution in [0.1, 0.15) is 32.1 Å². The quantitative estimate of drug-likeness (QED) is 0.679. The molecule has 0 heterocycles. The molecule has 0 aromatic rings. The second-order valence-corrected chi connectivity index (χ2v) is 5.13. The first-order chi connectivity index (χ1) is 7.24. The zero-order chi connectivity index (χ0) is 11.1. The van der Waals surface area contributed by atoms with Gasteiger partial charge in [-0.2, -0.15) is 11.8 Å². The van der Waals surface area contributed by atoms with Gasteiger partial charge in [-0.25, -0.2) is 0 Å². The number of hydrogen-bond donors (Lipinski definition) is 1. The third-order valence-corrected chi connectivity index (χ3v) is 3.57. The number of thioether (sulfide) groups is 1. The molecule has 0 aliphatic heterocycles. The fraction of sp³-hybridized carbons (Fsp3) is 0.909. The number of esters is 1. The van der Waals surface area contributed by atoms with Crippen LogP contribution in [0, 0.1) is 5.92 Å². The van der Waals surface area contributed by atoms with Gasteiger partial charge < -0.3 is 10.5 Å². The lowest BCUT2D eigenvalue weighted by molar-refractivity contribution is -0.145. The maximum absolute atomic E-state index is 11.4. The van der Waals surface area contributed by atoms with Crippen LogP contribution in [0.4, 0.5) is 0 Å². The van der Waals surface area contributed by atoms with Gasteiger partial charge in [-0.15, -0.1) is 0 Å². The van der Waals surface area contributed by atoms with Crippen molar-refractivity contribution in [1.82, 2.24) is 0 Å². The van der Waals surface area contributed by atoms with Gasteiger partial charge in [-0.3, -0.25) is 4.79 Å². The summed E-state index contributed by atoms with van der Waals surface area (Å²) in [6.07, 6.45) is 7.68. The Bertz CT molecular complexity index is 195. The third kappa shape index (κ3) is 4.89. The average Bonchev–Trinajstić information content (AvgIpc) is 2.17. The Morgan fingerprint density at radius 1 is 1.60 bits per heavy atom. The van der Waals surface area contributed by atoms with Crippen molar-refractivity contribution in [3.05, 3.63) is 0 Å². The maximum atomic E-state index is 11.4. The first-order valence-electron chi connectivity index (χ1n) is 5.65. The molecular formula is C11H21NO2S.